The SMILES string of the molecule is O=c1[nH]ccc2c(S(=O)(=O)n3ccc4c(C(F)(F)F)cccc43)cccc12. The van der Waals surface area contributed by atoms with E-state index in [9.17, 15) is 26.4 Å². The Morgan fingerprint density at radius 1 is 0.889 bits per heavy atom. The number of aromatic nitrogens is 2. The summed E-state index contributed by atoms with van der Waals surface area (Å²) in [6, 6.07) is 10.1. The van der Waals surface area contributed by atoms with E-state index in [4.69, 9.17) is 0 Å². The molecule has 0 saturated heterocycles. The average Bonchev–Trinajstić information content (AvgIpc) is 3.05. The molecule has 0 atom stereocenters. The fraction of sp³-hybridized carbons (Fsp3) is 0.0556. The summed E-state index contributed by atoms with van der Waals surface area (Å²) in [4.78, 5) is 14.2. The topological polar surface area (TPSA) is 71.9 Å². The number of rotatable bonds is 2. The van der Waals surface area contributed by atoms with Crippen molar-refractivity contribution in [2.45, 2.75) is 11.1 Å². The Bertz CT molecular complexity index is 1350. The Kier molecular flexibility index (Phi) is 3.67. The fourth-order valence-corrected chi connectivity index (χ4v) is 4.68. The maximum Gasteiger partial charge on any atom is 0.417 e. The van der Waals surface area contributed by atoms with Crippen LogP contribution < -0.4 is 5.56 Å². The van der Waals surface area contributed by atoms with E-state index in [-0.39, 0.29) is 26.6 Å². The van der Waals surface area contributed by atoms with Crippen molar-refractivity contribution >= 4 is 31.7 Å². The monoisotopic (exact) mass is 392 g/mol. The van der Waals surface area contributed by atoms with Gasteiger partial charge in [-0.15, -0.1) is 0 Å². The first kappa shape index (κ1) is 17.3. The molecule has 4 aromatic rings. The van der Waals surface area contributed by atoms with Crippen molar-refractivity contribution in [3.63, 3.8) is 0 Å². The third kappa shape index (κ3) is 2.62. The second-order valence-electron chi connectivity index (χ2n) is 5.88. The minimum absolute atomic E-state index is 0.0910. The van der Waals surface area contributed by atoms with E-state index in [1.54, 1.807) is 0 Å². The number of pyridine rings is 1. The van der Waals surface area contributed by atoms with Gasteiger partial charge in [0.05, 0.1) is 16.0 Å². The van der Waals surface area contributed by atoms with Crippen LogP contribution in [0.25, 0.3) is 21.7 Å². The van der Waals surface area contributed by atoms with Gasteiger partial charge in [0.25, 0.3) is 15.6 Å². The molecule has 0 saturated carbocycles. The lowest BCUT2D eigenvalue weighted by atomic mass is 10.1. The maximum atomic E-state index is 13.2. The Morgan fingerprint density at radius 2 is 1.63 bits per heavy atom. The summed E-state index contributed by atoms with van der Waals surface area (Å²) in [5.41, 5.74) is -1.46. The van der Waals surface area contributed by atoms with Crippen LogP contribution in [0.3, 0.4) is 0 Å². The van der Waals surface area contributed by atoms with E-state index in [1.165, 1.54) is 36.5 Å². The molecule has 0 aliphatic heterocycles. The molecule has 2 aromatic carbocycles. The lowest BCUT2D eigenvalue weighted by molar-refractivity contribution is -0.136. The Balaban J connectivity index is 2.03. The van der Waals surface area contributed by atoms with Crippen molar-refractivity contribution in [1.29, 1.82) is 0 Å². The van der Waals surface area contributed by atoms with Crippen molar-refractivity contribution in [2.75, 3.05) is 0 Å². The average molecular weight is 392 g/mol. The molecule has 27 heavy (non-hydrogen) atoms. The Morgan fingerprint density at radius 3 is 2.37 bits per heavy atom. The van der Waals surface area contributed by atoms with Gasteiger partial charge in [0.1, 0.15) is 0 Å². The smallest absolute Gasteiger partial charge is 0.329 e. The zero-order valence-electron chi connectivity index (χ0n) is 13.5. The minimum Gasteiger partial charge on any atom is -0.329 e. The van der Waals surface area contributed by atoms with E-state index in [0.717, 1.165) is 28.4 Å². The second-order valence-corrected chi connectivity index (χ2v) is 7.66. The van der Waals surface area contributed by atoms with E-state index in [0.29, 0.717) is 0 Å². The first-order chi connectivity index (χ1) is 12.7. The molecule has 0 radical (unpaired) electrons. The summed E-state index contributed by atoms with van der Waals surface area (Å²) in [7, 11) is -4.23. The Hall–Kier alpha value is -3.07. The van der Waals surface area contributed by atoms with Crippen molar-refractivity contribution in [2.24, 2.45) is 0 Å². The highest BCUT2D eigenvalue weighted by atomic mass is 32.2. The van der Waals surface area contributed by atoms with Crippen LogP contribution in [0.5, 0.6) is 0 Å². The number of alkyl halides is 3. The van der Waals surface area contributed by atoms with Gasteiger partial charge in [-0.25, -0.2) is 12.4 Å². The van der Waals surface area contributed by atoms with Gasteiger partial charge in [-0.3, -0.25) is 4.79 Å². The highest BCUT2D eigenvalue weighted by Crippen LogP contribution is 2.36. The maximum absolute atomic E-state index is 13.2. The number of hydrogen-bond donors (Lipinski definition) is 1. The molecule has 0 aliphatic carbocycles. The van der Waals surface area contributed by atoms with Crippen LogP contribution in [0.4, 0.5) is 13.2 Å². The van der Waals surface area contributed by atoms with Crippen molar-refractivity contribution in [1.82, 2.24) is 8.96 Å². The Labute approximate surface area is 150 Å². The summed E-state index contributed by atoms with van der Waals surface area (Å²) < 4.78 is 66.7. The van der Waals surface area contributed by atoms with E-state index >= 15 is 0 Å². The van der Waals surface area contributed by atoms with E-state index in [2.05, 4.69) is 4.98 Å². The van der Waals surface area contributed by atoms with Gasteiger partial charge < -0.3 is 4.98 Å². The molecule has 0 unspecified atom stereocenters. The summed E-state index contributed by atoms with van der Waals surface area (Å²) in [5, 5.41) is 0.146. The lowest BCUT2D eigenvalue weighted by Gasteiger charge is -2.12. The van der Waals surface area contributed by atoms with E-state index < -0.39 is 27.3 Å². The zero-order chi connectivity index (χ0) is 19.4. The number of halogens is 3. The van der Waals surface area contributed by atoms with Gasteiger partial charge >= 0.3 is 6.18 Å². The molecular formula is C18H11F3N2O3S. The van der Waals surface area contributed by atoms with Crippen molar-refractivity contribution < 1.29 is 21.6 Å². The molecular weight excluding hydrogens is 381 g/mol. The first-order valence-corrected chi connectivity index (χ1v) is 9.18. The molecule has 138 valence electrons. The summed E-state index contributed by atoms with van der Waals surface area (Å²) in [5.74, 6) is 0. The predicted octanol–water partition coefficient (Wildman–Crippen LogP) is 3.74. The van der Waals surface area contributed by atoms with Crippen LogP contribution in [0.15, 0.2) is 70.6 Å². The number of hydrogen-bond acceptors (Lipinski definition) is 3. The van der Waals surface area contributed by atoms with Gasteiger partial charge in [-0.1, -0.05) is 12.1 Å². The third-order valence-corrected chi connectivity index (χ3v) is 6.06. The van der Waals surface area contributed by atoms with Gasteiger partial charge in [-0.2, -0.15) is 13.2 Å². The molecule has 2 heterocycles. The third-order valence-electron chi connectivity index (χ3n) is 4.31. The van der Waals surface area contributed by atoms with Crippen molar-refractivity contribution in [3.8, 4) is 0 Å². The van der Waals surface area contributed by atoms with Gasteiger partial charge in [0.15, 0.2) is 0 Å². The highest BCUT2D eigenvalue weighted by molar-refractivity contribution is 7.90. The summed E-state index contributed by atoms with van der Waals surface area (Å²) in [6.07, 6.45) is -2.21. The molecule has 5 nitrogen and oxygen atoms in total. The van der Waals surface area contributed by atoms with Crippen LogP contribution in [0.2, 0.25) is 0 Å². The molecule has 9 heteroatoms. The predicted molar refractivity (Wildman–Crippen MR) is 94.1 cm³/mol. The molecule has 0 amide bonds. The number of fused-ring (bicyclic) bond motifs is 2. The van der Waals surface area contributed by atoms with Crippen LogP contribution in [0.1, 0.15) is 5.56 Å². The van der Waals surface area contributed by atoms with Gasteiger partial charge in [0.2, 0.25) is 0 Å². The van der Waals surface area contributed by atoms with E-state index in [1.807, 2.05) is 0 Å². The quantitative estimate of drug-likeness (QED) is 0.565. The normalized spacial score (nSPS) is 12.7. The van der Waals surface area contributed by atoms with Crippen molar-refractivity contribution in [3.05, 3.63) is 76.8 Å². The van der Waals surface area contributed by atoms with Gasteiger partial charge in [0, 0.05) is 28.6 Å². The van der Waals surface area contributed by atoms with Crippen LogP contribution in [-0.2, 0) is 16.2 Å². The number of H-pyrrole nitrogens is 1. The van der Waals surface area contributed by atoms with Crippen LogP contribution in [-0.4, -0.2) is 17.4 Å². The zero-order valence-corrected chi connectivity index (χ0v) is 14.3. The van der Waals surface area contributed by atoms with Crippen LogP contribution >= 0.6 is 0 Å². The van der Waals surface area contributed by atoms with Crippen LogP contribution in [0, 0.1) is 0 Å². The number of aromatic amines is 1. The fourth-order valence-electron chi connectivity index (χ4n) is 3.12. The lowest BCUT2D eigenvalue weighted by Crippen LogP contribution is -2.14. The number of nitrogens with one attached hydrogen (secondary N) is 1. The molecule has 0 bridgehead atoms. The number of benzene rings is 2. The molecule has 0 aliphatic rings. The molecule has 0 fully saturated rings. The summed E-state index contributed by atoms with van der Waals surface area (Å²) in [6.45, 7) is 0. The first-order valence-electron chi connectivity index (χ1n) is 7.74. The second kappa shape index (κ2) is 5.71. The molecule has 2 aromatic heterocycles. The minimum atomic E-state index is -4.61. The molecule has 0 spiro atoms. The highest BCUT2D eigenvalue weighted by Gasteiger charge is 2.33. The number of nitrogens with zero attached hydrogens (tertiary/aromatic N) is 1. The summed E-state index contributed by atoms with van der Waals surface area (Å²) >= 11 is 0. The molecule has 1 N–H and O–H groups in total. The molecule has 4 rings (SSSR count). The largest absolute Gasteiger partial charge is 0.417 e. The standard InChI is InChI=1S/C18H11F3N2O3S/c19-18(20,21)14-4-2-5-15-13(14)8-10-23(15)27(25,26)16-6-1-3-12-11(16)7-9-22-17(12)24/h1-10H,(H,22,24). The van der Waals surface area contributed by atoms with Gasteiger partial charge in [-0.05, 0) is 36.4 Å².